The van der Waals surface area contributed by atoms with Crippen LogP contribution in [0.1, 0.15) is 45.1 Å². The molecule has 0 aromatic heterocycles. The Morgan fingerprint density at radius 2 is 2.05 bits per heavy atom. The van der Waals surface area contributed by atoms with Crippen LogP contribution < -0.4 is 4.74 Å². The molecule has 1 aromatic rings. The van der Waals surface area contributed by atoms with Gasteiger partial charge in [-0.15, -0.1) is 0 Å². The van der Waals surface area contributed by atoms with Crippen LogP contribution in [0.5, 0.6) is 5.75 Å². The van der Waals surface area contributed by atoms with E-state index in [0.717, 1.165) is 37.9 Å². The van der Waals surface area contributed by atoms with E-state index in [9.17, 15) is 0 Å². The fraction of sp³-hybridized carbons (Fsp3) is 0.474. The maximum Gasteiger partial charge on any atom is 0.120 e. The molecule has 114 valence electrons. The first-order chi connectivity index (χ1) is 10.2. The van der Waals surface area contributed by atoms with Crippen LogP contribution in [-0.2, 0) is 6.42 Å². The van der Waals surface area contributed by atoms with Gasteiger partial charge in [-0.3, -0.25) is 0 Å². The van der Waals surface area contributed by atoms with Crippen molar-refractivity contribution in [2.24, 2.45) is 0 Å². The summed E-state index contributed by atoms with van der Waals surface area (Å²) in [6.07, 6.45) is 7.49. The lowest BCUT2D eigenvalue weighted by molar-refractivity contribution is 0.284. The van der Waals surface area contributed by atoms with Gasteiger partial charge in [0.05, 0.1) is 0 Å². The Bertz CT molecular complexity index is 526. The van der Waals surface area contributed by atoms with Gasteiger partial charge in [0.2, 0.25) is 0 Å². The molecule has 2 heteroatoms. The number of hydrogen-bond donors (Lipinski definition) is 1. The maximum atomic E-state index is 8.84. The number of aliphatic hydroxyl groups is 1. The van der Waals surface area contributed by atoms with E-state index in [-0.39, 0.29) is 6.61 Å². The van der Waals surface area contributed by atoms with E-state index in [1.807, 2.05) is 6.07 Å². The van der Waals surface area contributed by atoms with Gasteiger partial charge >= 0.3 is 0 Å². The van der Waals surface area contributed by atoms with E-state index in [2.05, 4.69) is 38.1 Å². The van der Waals surface area contributed by atoms with Crippen LogP contribution in [0.3, 0.4) is 0 Å². The van der Waals surface area contributed by atoms with Gasteiger partial charge in [0.15, 0.2) is 0 Å². The second kappa shape index (κ2) is 8.04. The van der Waals surface area contributed by atoms with E-state index in [1.54, 1.807) is 0 Å². The number of aliphatic hydroxyl groups excluding tert-OH is 1. The zero-order valence-corrected chi connectivity index (χ0v) is 13.2. The second-order valence-corrected chi connectivity index (χ2v) is 5.80. The molecule has 0 spiro atoms. The standard InChI is InChI=1S/C19H26O2/c1-15-7-5-8-16(2)19(15)14-21-18-11-6-10-17(13-18)9-3-4-12-20/h6-7,10-11,13,20H,3-5,8-9,12,14H2,1-2H3. The first kappa shape index (κ1) is 15.8. The Kier molecular flexibility index (Phi) is 6.06. The van der Waals surface area contributed by atoms with Gasteiger partial charge in [0, 0.05) is 6.61 Å². The van der Waals surface area contributed by atoms with Gasteiger partial charge in [0.25, 0.3) is 0 Å². The maximum absolute atomic E-state index is 8.84. The number of aryl methyl sites for hydroxylation is 1. The van der Waals surface area contributed by atoms with Gasteiger partial charge < -0.3 is 9.84 Å². The minimum Gasteiger partial charge on any atom is -0.489 e. The third kappa shape index (κ3) is 4.75. The largest absolute Gasteiger partial charge is 0.489 e. The van der Waals surface area contributed by atoms with Crippen LogP contribution in [-0.4, -0.2) is 18.3 Å². The molecule has 1 N–H and O–H groups in total. The van der Waals surface area contributed by atoms with E-state index in [1.165, 1.54) is 22.3 Å². The monoisotopic (exact) mass is 286 g/mol. The summed E-state index contributed by atoms with van der Waals surface area (Å²) in [7, 11) is 0. The number of rotatable bonds is 7. The van der Waals surface area contributed by atoms with Crippen LogP contribution in [0.25, 0.3) is 0 Å². The molecule has 1 aliphatic rings. The third-order valence-corrected chi connectivity index (χ3v) is 4.12. The van der Waals surface area contributed by atoms with Crippen LogP contribution in [0, 0.1) is 0 Å². The SMILES string of the molecule is CC1=CCCC(C)=C1COc1cccc(CCCCO)c1. The highest BCUT2D eigenvalue weighted by atomic mass is 16.5. The first-order valence-corrected chi connectivity index (χ1v) is 7.89. The zero-order valence-electron chi connectivity index (χ0n) is 13.2. The predicted molar refractivity (Wildman–Crippen MR) is 87.7 cm³/mol. The number of benzene rings is 1. The Hall–Kier alpha value is -1.54. The van der Waals surface area contributed by atoms with Crippen LogP contribution in [0.15, 0.2) is 47.1 Å². The minimum absolute atomic E-state index is 0.273. The molecule has 0 radical (unpaired) electrons. The highest BCUT2D eigenvalue weighted by Gasteiger charge is 2.10. The molecule has 0 fully saturated rings. The molecule has 0 heterocycles. The summed E-state index contributed by atoms with van der Waals surface area (Å²) in [5.74, 6) is 0.940. The van der Waals surface area contributed by atoms with Crippen molar-refractivity contribution in [3.63, 3.8) is 0 Å². The molecule has 0 amide bonds. The molecule has 0 atom stereocenters. The van der Waals surface area contributed by atoms with Crippen LogP contribution in [0.4, 0.5) is 0 Å². The molecular weight excluding hydrogens is 260 g/mol. The molecule has 2 rings (SSSR count). The molecule has 0 aliphatic heterocycles. The van der Waals surface area contributed by atoms with Crippen molar-refractivity contribution < 1.29 is 9.84 Å². The number of ether oxygens (including phenoxy) is 1. The lowest BCUT2D eigenvalue weighted by Crippen LogP contribution is -2.07. The first-order valence-electron chi connectivity index (χ1n) is 7.89. The third-order valence-electron chi connectivity index (χ3n) is 4.12. The van der Waals surface area contributed by atoms with E-state index in [0.29, 0.717) is 6.61 Å². The van der Waals surface area contributed by atoms with E-state index in [4.69, 9.17) is 9.84 Å². The number of allylic oxidation sites excluding steroid dienone is 2. The molecule has 1 aliphatic carbocycles. The summed E-state index contributed by atoms with van der Waals surface area (Å²) < 4.78 is 5.99. The fourth-order valence-corrected chi connectivity index (χ4v) is 2.74. The summed E-state index contributed by atoms with van der Waals surface area (Å²) in [4.78, 5) is 0. The molecule has 21 heavy (non-hydrogen) atoms. The van der Waals surface area contributed by atoms with Crippen molar-refractivity contribution >= 4 is 0 Å². The quantitative estimate of drug-likeness (QED) is 0.751. The summed E-state index contributed by atoms with van der Waals surface area (Å²) in [6.45, 7) is 5.32. The van der Waals surface area contributed by atoms with Crippen molar-refractivity contribution in [3.05, 3.63) is 52.6 Å². The Morgan fingerprint density at radius 3 is 2.81 bits per heavy atom. The highest BCUT2D eigenvalue weighted by molar-refractivity contribution is 5.38. The minimum atomic E-state index is 0.273. The van der Waals surface area contributed by atoms with Crippen molar-refractivity contribution in [1.29, 1.82) is 0 Å². The second-order valence-electron chi connectivity index (χ2n) is 5.80. The average Bonchev–Trinajstić information content (AvgIpc) is 2.47. The van der Waals surface area contributed by atoms with Gasteiger partial charge in [-0.05, 0) is 74.8 Å². The Morgan fingerprint density at radius 1 is 1.19 bits per heavy atom. The van der Waals surface area contributed by atoms with Gasteiger partial charge in [0.1, 0.15) is 12.4 Å². The van der Waals surface area contributed by atoms with Gasteiger partial charge in [-0.1, -0.05) is 23.8 Å². The molecular formula is C19H26O2. The fourth-order valence-electron chi connectivity index (χ4n) is 2.74. The molecule has 0 bridgehead atoms. The smallest absolute Gasteiger partial charge is 0.120 e. The van der Waals surface area contributed by atoms with E-state index < -0.39 is 0 Å². The summed E-state index contributed by atoms with van der Waals surface area (Å²) >= 11 is 0. The van der Waals surface area contributed by atoms with Crippen molar-refractivity contribution in [2.75, 3.05) is 13.2 Å². The molecule has 2 nitrogen and oxygen atoms in total. The Balaban J connectivity index is 1.94. The van der Waals surface area contributed by atoms with Crippen molar-refractivity contribution in [1.82, 2.24) is 0 Å². The average molecular weight is 286 g/mol. The Labute approximate surface area is 128 Å². The van der Waals surface area contributed by atoms with Gasteiger partial charge in [-0.25, -0.2) is 0 Å². The predicted octanol–water partition coefficient (Wildman–Crippen LogP) is 4.44. The molecule has 0 saturated heterocycles. The normalized spacial score (nSPS) is 15.1. The summed E-state index contributed by atoms with van der Waals surface area (Å²) in [6, 6.07) is 8.32. The number of unbranched alkanes of at least 4 members (excludes halogenated alkanes) is 1. The van der Waals surface area contributed by atoms with Crippen LogP contribution in [0.2, 0.25) is 0 Å². The molecule has 0 saturated carbocycles. The molecule has 1 aromatic carbocycles. The van der Waals surface area contributed by atoms with Gasteiger partial charge in [-0.2, -0.15) is 0 Å². The lowest BCUT2D eigenvalue weighted by atomic mass is 9.93. The highest BCUT2D eigenvalue weighted by Crippen LogP contribution is 2.25. The molecule has 0 unspecified atom stereocenters. The van der Waals surface area contributed by atoms with Crippen molar-refractivity contribution in [3.8, 4) is 5.75 Å². The lowest BCUT2D eigenvalue weighted by Gasteiger charge is -2.18. The van der Waals surface area contributed by atoms with Crippen molar-refractivity contribution in [2.45, 2.75) is 46.0 Å². The number of hydrogen-bond acceptors (Lipinski definition) is 2. The van der Waals surface area contributed by atoms with E-state index >= 15 is 0 Å². The summed E-state index contributed by atoms with van der Waals surface area (Å²) in [5.41, 5.74) is 5.45. The van der Waals surface area contributed by atoms with Crippen LogP contribution >= 0.6 is 0 Å². The zero-order chi connectivity index (χ0) is 15.1. The summed E-state index contributed by atoms with van der Waals surface area (Å²) in [5, 5.41) is 8.84. The topological polar surface area (TPSA) is 29.5 Å².